The fourth-order valence-electron chi connectivity index (χ4n) is 3.01. The maximum Gasteiger partial charge on any atom is 0.352 e. The highest BCUT2D eigenvalue weighted by molar-refractivity contribution is 6.31. The lowest BCUT2D eigenvalue weighted by atomic mass is 10.1. The van der Waals surface area contributed by atoms with Crippen LogP contribution in [0.15, 0.2) is 52.1 Å². The number of carbonyl (C=O) groups excluding carboxylic acids is 1. The largest absolute Gasteiger partial charge is 0.352 e. The van der Waals surface area contributed by atoms with Crippen molar-refractivity contribution in [2.45, 2.75) is 46.7 Å². The Bertz CT molecular complexity index is 1250. The molecule has 0 saturated heterocycles. The van der Waals surface area contributed by atoms with E-state index in [-0.39, 0.29) is 18.3 Å². The zero-order valence-corrected chi connectivity index (χ0v) is 18.7. The van der Waals surface area contributed by atoms with Crippen molar-refractivity contribution in [3.63, 3.8) is 0 Å². The van der Waals surface area contributed by atoms with Gasteiger partial charge in [-0.05, 0) is 62.1 Å². The molecule has 0 bridgehead atoms. The van der Waals surface area contributed by atoms with Crippen molar-refractivity contribution in [2.75, 3.05) is 0 Å². The molecular weight excluding hydrogens is 416 g/mol. The number of hydrogen-bond donors (Lipinski definition) is 1. The molecule has 0 aliphatic heterocycles. The van der Waals surface area contributed by atoms with Crippen LogP contribution in [0, 0.1) is 13.8 Å². The number of carbonyl (C=O) groups is 1. The lowest BCUT2D eigenvalue weighted by Crippen LogP contribution is -2.47. The van der Waals surface area contributed by atoms with E-state index in [9.17, 15) is 14.4 Å². The maximum absolute atomic E-state index is 13.2. The van der Waals surface area contributed by atoms with Crippen molar-refractivity contribution in [1.82, 2.24) is 19.7 Å². The summed E-state index contributed by atoms with van der Waals surface area (Å²) in [5.74, 6) is -0.621. The summed E-state index contributed by atoms with van der Waals surface area (Å²) < 4.78 is 2.09. The molecule has 0 aliphatic rings. The molecule has 162 valence electrons. The molecule has 3 aromatic rings. The number of benzene rings is 2. The van der Waals surface area contributed by atoms with Crippen molar-refractivity contribution in [3.8, 4) is 5.69 Å². The van der Waals surface area contributed by atoms with Gasteiger partial charge in [-0.15, -0.1) is 0 Å². The molecule has 3 rings (SSSR count). The molecule has 0 aliphatic carbocycles. The number of aryl methyl sites for hydroxylation is 2. The Morgan fingerprint density at radius 2 is 1.84 bits per heavy atom. The third kappa shape index (κ3) is 4.77. The van der Waals surface area contributed by atoms with Crippen LogP contribution >= 0.6 is 11.6 Å². The highest BCUT2D eigenvalue weighted by Crippen LogP contribution is 2.15. The third-order valence-corrected chi connectivity index (χ3v) is 5.65. The molecular formula is C23H25ClN4O3. The molecule has 1 N–H and O–H groups in total. The summed E-state index contributed by atoms with van der Waals surface area (Å²) in [7, 11) is 0. The van der Waals surface area contributed by atoms with E-state index in [2.05, 4.69) is 10.4 Å². The van der Waals surface area contributed by atoms with Crippen molar-refractivity contribution in [2.24, 2.45) is 0 Å². The van der Waals surface area contributed by atoms with Gasteiger partial charge in [-0.25, -0.2) is 4.79 Å². The first-order valence-electron chi connectivity index (χ1n) is 10.1. The monoisotopic (exact) mass is 440 g/mol. The third-order valence-electron chi connectivity index (χ3n) is 5.29. The number of hydrogen-bond acceptors (Lipinski definition) is 4. The first kappa shape index (κ1) is 22.5. The average Bonchev–Trinajstić information content (AvgIpc) is 2.74. The zero-order chi connectivity index (χ0) is 22.7. The summed E-state index contributed by atoms with van der Waals surface area (Å²) >= 11 is 6.24. The highest BCUT2D eigenvalue weighted by atomic mass is 35.5. The number of nitrogens with one attached hydrogen (secondary N) is 1. The molecule has 8 heteroatoms. The van der Waals surface area contributed by atoms with Gasteiger partial charge in [0.1, 0.15) is 0 Å². The number of rotatable bonds is 6. The SMILES string of the molecule is CCC(C)NC(=O)c1nn(-c2ccc(C)c(C)c2)c(=O)n(Cc2ccccc2Cl)c1=O. The van der Waals surface area contributed by atoms with E-state index in [1.165, 1.54) is 0 Å². The van der Waals surface area contributed by atoms with Gasteiger partial charge in [0, 0.05) is 11.1 Å². The van der Waals surface area contributed by atoms with Crippen LogP contribution in [0.5, 0.6) is 0 Å². The van der Waals surface area contributed by atoms with Crippen LogP contribution in [0.3, 0.4) is 0 Å². The minimum atomic E-state index is -0.759. The summed E-state index contributed by atoms with van der Waals surface area (Å²) in [6.07, 6.45) is 0.691. The molecule has 0 spiro atoms. The van der Waals surface area contributed by atoms with Gasteiger partial charge in [-0.2, -0.15) is 9.78 Å². The Kier molecular flexibility index (Phi) is 6.75. The van der Waals surface area contributed by atoms with Gasteiger partial charge in [0.15, 0.2) is 0 Å². The Morgan fingerprint density at radius 3 is 2.48 bits per heavy atom. The van der Waals surface area contributed by atoms with Crippen molar-refractivity contribution in [1.29, 1.82) is 0 Å². The molecule has 31 heavy (non-hydrogen) atoms. The van der Waals surface area contributed by atoms with Crippen LogP contribution in [-0.4, -0.2) is 26.3 Å². The molecule has 1 atom stereocenters. The second kappa shape index (κ2) is 9.31. The predicted octanol–water partition coefficient (Wildman–Crippen LogP) is 3.24. The van der Waals surface area contributed by atoms with E-state index in [1.54, 1.807) is 36.4 Å². The summed E-state index contributed by atoms with van der Waals surface area (Å²) in [6.45, 7) is 7.55. The Labute approximate surface area is 185 Å². The molecule has 0 fully saturated rings. The van der Waals surface area contributed by atoms with Gasteiger partial charge in [0.25, 0.3) is 11.5 Å². The Morgan fingerprint density at radius 1 is 1.13 bits per heavy atom. The molecule has 0 radical (unpaired) electrons. The number of aromatic nitrogens is 3. The lowest BCUT2D eigenvalue weighted by Gasteiger charge is -2.15. The zero-order valence-electron chi connectivity index (χ0n) is 18.0. The molecule has 1 unspecified atom stereocenters. The summed E-state index contributed by atoms with van der Waals surface area (Å²) in [5.41, 5.74) is 1.33. The first-order valence-corrected chi connectivity index (χ1v) is 10.5. The van der Waals surface area contributed by atoms with E-state index < -0.39 is 17.2 Å². The quantitative estimate of drug-likeness (QED) is 0.637. The number of amides is 1. The van der Waals surface area contributed by atoms with Crippen molar-refractivity contribution < 1.29 is 4.79 Å². The Hall–Kier alpha value is -3.19. The molecule has 7 nitrogen and oxygen atoms in total. The number of nitrogens with zero attached hydrogens (tertiary/aromatic N) is 3. The van der Waals surface area contributed by atoms with Crippen molar-refractivity contribution in [3.05, 3.63) is 90.7 Å². The van der Waals surface area contributed by atoms with Crippen LogP contribution in [0.1, 0.15) is 47.4 Å². The summed E-state index contributed by atoms with van der Waals surface area (Å²) in [5, 5.41) is 7.33. The van der Waals surface area contributed by atoms with Crippen LogP contribution in [0.25, 0.3) is 5.69 Å². The van der Waals surface area contributed by atoms with Gasteiger partial charge >= 0.3 is 5.69 Å². The van der Waals surface area contributed by atoms with E-state index in [1.807, 2.05) is 33.8 Å². The summed E-state index contributed by atoms with van der Waals surface area (Å²) in [4.78, 5) is 39.1. The highest BCUT2D eigenvalue weighted by Gasteiger charge is 2.22. The number of halogens is 1. The average molecular weight is 441 g/mol. The standard InChI is InChI=1S/C23H25ClN4O3/c1-5-16(4)25-21(29)20-22(30)27(13-17-8-6-7-9-19(17)24)23(31)28(26-20)18-11-10-14(2)15(3)12-18/h6-12,16H,5,13H2,1-4H3,(H,25,29). The van der Waals surface area contributed by atoms with E-state index in [4.69, 9.17) is 11.6 Å². The van der Waals surface area contributed by atoms with Gasteiger partial charge < -0.3 is 5.32 Å². The van der Waals surface area contributed by atoms with Gasteiger partial charge in [-0.3, -0.25) is 14.2 Å². The van der Waals surface area contributed by atoms with Crippen LogP contribution in [-0.2, 0) is 6.54 Å². The van der Waals surface area contributed by atoms with Gasteiger partial charge in [-0.1, -0.05) is 42.8 Å². The van der Waals surface area contributed by atoms with Crippen LogP contribution in [0.2, 0.25) is 5.02 Å². The molecule has 1 amide bonds. The fraction of sp³-hybridized carbons (Fsp3) is 0.304. The van der Waals surface area contributed by atoms with E-state index in [0.717, 1.165) is 20.4 Å². The second-order valence-electron chi connectivity index (χ2n) is 7.58. The first-order chi connectivity index (χ1) is 14.7. The topological polar surface area (TPSA) is 86.0 Å². The van der Waals surface area contributed by atoms with Gasteiger partial charge in [0.2, 0.25) is 5.69 Å². The van der Waals surface area contributed by atoms with Gasteiger partial charge in [0.05, 0.1) is 12.2 Å². The second-order valence-corrected chi connectivity index (χ2v) is 7.98. The van der Waals surface area contributed by atoms with E-state index >= 15 is 0 Å². The van der Waals surface area contributed by atoms with Crippen LogP contribution < -0.4 is 16.6 Å². The minimum absolute atomic E-state index is 0.0751. The Balaban J connectivity index is 2.23. The van der Waals surface area contributed by atoms with Crippen molar-refractivity contribution >= 4 is 17.5 Å². The summed E-state index contributed by atoms with van der Waals surface area (Å²) in [6, 6.07) is 12.2. The predicted molar refractivity (Wildman–Crippen MR) is 121 cm³/mol. The smallest absolute Gasteiger partial charge is 0.348 e. The molecule has 2 aromatic carbocycles. The normalized spacial score (nSPS) is 11.9. The van der Waals surface area contributed by atoms with E-state index in [0.29, 0.717) is 22.7 Å². The fourth-order valence-corrected chi connectivity index (χ4v) is 3.21. The van der Waals surface area contributed by atoms with Crippen LogP contribution in [0.4, 0.5) is 0 Å². The lowest BCUT2D eigenvalue weighted by molar-refractivity contribution is 0.0929. The molecule has 0 saturated carbocycles. The molecule has 1 heterocycles. The maximum atomic E-state index is 13.2. The minimum Gasteiger partial charge on any atom is -0.348 e. The molecule has 1 aromatic heterocycles.